The number of para-hydroxylation sites is 1. The van der Waals surface area contributed by atoms with Crippen molar-refractivity contribution in [3.8, 4) is 0 Å². The van der Waals surface area contributed by atoms with Crippen LogP contribution in [0, 0.1) is 11.8 Å². The van der Waals surface area contributed by atoms with Crippen LogP contribution in [0.5, 0.6) is 0 Å². The van der Waals surface area contributed by atoms with Crippen molar-refractivity contribution < 1.29 is 14.7 Å². The maximum Gasteiger partial charge on any atom is 0.254 e. The first-order chi connectivity index (χ1) is 16.4. The van der Waals surface area contributed by atoms with Gasteiger partial charge in [0.1, 0.15) is 6.04 Å². The maximum atomic E-state index is 13.7. The highest BCUT2D eigenvalue weighted by atomic mass is 16.3. The van der Waals surface area contributed by atoms with Crippen LogP contribution >= 0.6 is 0 Å². The molecule has 0 spiro atoms. The van der Waals surface area contributed by atoms with Gasteiger partial charge in [-0.2, -0.15) is 0 Å². The predicted octanol–water partition coefficient (Wildman–Crippen LogP) is 4.73. The minimum atomic E-state index is -0.739. The van der Waals surface area contributed by atoms with E-state index < -0.39 is 24.1 Å². The molecular weight excluding hydrogens is 426 g/mol. The second kappa shape index (κ2) is 10.1. The van der Waals surface area contributed by atoms with Gasteiger partial charge in [-0.05, 0) is 41.7 Å². The normalized spacial score (nSPS) is 23.6. The average Bonchev–Trinajstić information content (AvgIpc) is 3.10. The van der Waals surface area contributed by atoms with Crippen LogP contribution in [-0.4, -0.2) is 40.1 Å². The molecule has 0 radical (unpaired) electrons. The van der Waals surface area contributed by atoms with Crippen LogP contribution in [0.25, 0.3) is 0 Å². The van der Waals surface area contributed by atoms with Crippen LogP contribution < -0.4 is 10.3 Å². The van der Waals surface area contributed by atoms with Crippen molar-refractivity contribution in [1.29, 1.82) is 0 Å². The Labute approximate surface area is 202 Å². The van der Waals surface area contributed by atoms with Gasteiger partial charge in [-0.15, -0.1) is 0 Å². The average molecular weight is 462 g/mol. The summed E-state index contributed by atoms with van der Waals surface area (Å²) in [6.07, 6.45) is 4.68. The first-order valence-corrected chi connectivity index (χ1v) is 12.3. The summed E-state index contributed by atoms with van der Waals surface area (Å²) >= 11 is 0. The van der Waals surface area contributed by atoms with E-state index in [1.165, 1.54) is 10.5 Å². The number of anilines is 2. The van der Waals surface area contributed by atoms with E-state index in [0.717, 1.165) is 18.5 Å². The molecule has 2 aliphatic heterocycles. The van der Waals surface area contributed by atoms with E-state index >= 15 is 0 Å². The standard InChI is InChI=1S/C28H35N3O3/c1-5-19(6-2)26(32)24-17-16-23-25(28(34)30(27(23)33)22-10-8-7-9-11-22)31(24)29-21-14-12-20(13-15-21)18(3)4/h7-19,23-26,29,32H,5-6H2,1-4H3. The summed E-state index contributed by atoms with van der Waals surface area (Å²) in [6, 6.07) is 16.0. The number of aliphatic hydroxyl groups excluding tert-OH is 1. The molecule has 6 nitrogen and oxygen atoms in total. The zero-order valence-corrected chi connectivity index (χ0v) is 20.4. The van der Waals surface area contributed by atoms with Gasteiger partial charge in [0.25, 0.3) is 5.91 Å². The molecule has 6 heteroatoms. The van der Waals surface area contributed by atoms with Gasteiger partial charge < -0.3 is 10.5 Å². The third-order valence-electron chi connectivity index (χ3n) is 7.19. The highest BCUT2D eigenvalue weighted by Crippen LogP contribution is 2.37. The SMILES string of the molecule is CCC(CC)C(O)C1C=CC2C(=O)N(c3ccccc3)C(=O)C2N1Nc1ccc(C(C)C)cc1. The van der Waals surface area contributed by atoms with E-state index in [1.807, 2.05) is 42.5 Å². The number of imide groups is 1. The first kappa shape index (κ1) is 24.2. The van der Waals surface area contributed by atoms with E-state index in [4.69, 9.17) is 0 Å². The van der Waals surface area contributed by atoms with Gasteiger partial charge >= 0.3 is 0 Å². The minimum absolute atomic E-state index is 0.0799. The molecule has 180 valence electrons. The number of nitrogens with zero attached hydrogens (tertiary/aromatic N) is 2. The Balaban J connectivity index is 1.71. The Morgan fingerprint density at radius 3 is 2.15 bits per heavy atom. The Morgan fingerprint density at radius 2 is 1.56 bits per heavy atom. The van der Waals surface area contributed by atoms with E-state index in [-0.39, 0.29) is 17.7 Å². The zero-order chi connectivity index (χ0) is 24.4. The molecule has 2 aromatic rings. The molecule has 2 aliphatic rings. The summed E-state index contributed by atoms with van der Waals surface area (Å²) in [6.45, 7) is 8.42. The topological polar surface area (TPSA) is 72.9 Å². The molecule has 0 aliphatic carbocycles. The highest BCUT2D eigenvalue weighted by Gasteiger charge is 2.54. The summed E-state index contributed by atoms with van der Waals surface area (Å²) in [4.78, 5) is 28.3. The van der Waals surface area contributed by atoms with E-state index in [0.29, 0.717) is 11.6 Å². The lowest BCUT2D eigenvalue weighted by Crippen LogP contribution is -2.58. The van der Waals surface area contributed by atoms with Crippen molar-refractivity contribution in [2.45, 2.75) is 64.6 Å². The molecule has 1 saturated heterocycles. The third-order valence-corrected chi connectivity index (χ3v) is 7.19. The Hall–Kier alpha value is -2.96. The molecule has 0 aromatic heterocycles. The summed E-state index contributed by atoms with van der Waals surface area (Å²) < 4.78 is 0. The van der Waals surface area contributed by atoms with Crippen molar-refractivity contribution in [3.05, 3.63) is 72.3 Å². The maximum absolute atomic E-state index is 13.7. The van der Waals surface area contributed by atoms with Crippen molar-refractivity contribution in [1.82, 2.24) is 5.01 Å². The van der Waals surface area contributed by atoms with Crippen molar-refractivity contribution in [3.63, 3.8) is 0 Å². The number of benzene rings is 2. The number of carbonyl (C=O) groups is 2. The lowest BCUT2D eigenvalue weighted by Gasteiger charge is -2.42. The molecular formula is C28H35N3O3. The first-order valence-electron chi connectivity index (χ1n) is 12.3. The largest absolute Gasteiger partial charge is 0.391 e. The van der Waals surface area contributed by atoms with Crippen LogP contribution in [0.3, 0.4) is 0 Å². The Morgan fingerprint density at radius 1 is 0.912 bits per heavy atom. The number of hydrazine groups is 1. The fourth-order valence-electron chi connectivity index (χ4n) is 5.07. The number of amides is 2. The summed E-state index contributed by atoms with van der Waals surface area (Å²) in [5, 5.41) is 13.1. The van der Waals surface area contributed by atoms with Crippen LogP contribution in [0.1, 0.15) is 52.0 Å². The molecule has 4 atom stereocenters. The second-order valence-corrected chi connectivity index (χ2v) is 9.56. The van der Waals surface area contributed by atoms with Crippen molar-refractivity contribution in [2.24, 2.45) is 11.8 Å². The van der Waals surface area contributed by atoms with Crippen molar-refractivity contribution in [2.75, 3.05) is 10.3 Å². The van der Waals surface area contributed by atoms with Crippen LogP contribution in [0.4, 0.5) is 11.4 Å². The van der Waals surface area contributed by atoms with Crippen LogP contribution in [0.2, 0.25) is 0 Å². The number of nitrogens with one attached hydrogen (secondary N) is 1. The number of hydrogen-bond donors (Lipinski definition) is 2. The molecule has 4 rings (SSSR count). The van der Waals surface area contributed by atoms with Gasteiger partial charge in [0.15, 0.2) is 0 Å². The summed E-state index contributed by atoms with van der Waals surface area (Å²) in [7, 11) is 0. The molecule has 4 unspecified atom stereocenters. The van der Waals surface area contributed by atoms with E-state index in [1.54, 1.807) is 17.1 Å². The van der Waals surface area contributed by atoms with Gasteiger partial charge in [-0.1, -0.05) is 83.0 Å². The molecule has 34 heavy (non-hydrogen) atoms. The molecule has 2 heterocycles. The van der Waals surface area contributed by atoms with Gasteiger partial charge in [-0.3, -0.25) is 9.59 Å². The third kappa shape index (κ3) is 4.40. The Bertz CT molecular complexity index is 1030. The molecule has 2 amide bonds. The fourth-order valence-corrected chi connectivity index (χ4v) is 5.07. The molecule has 2 aromatic carbocycles. The molecule has 0 saturated carbocycles. The van der Waals surface area contributed by atoms with E-state index in [9.17, 15) is 14.7 Å². The fraction of sp³-hybridized carbons (Fsp3) is 0.429. The molecule has 2 N–H and O–H groups in total. The monoisotopic (exact) mass is 461 g/mol. The number of fused-ring (bicyclic) bond motifs is 1. The number of carbonyl (C=O) groups excluding carboxylic acids is 2. The van der Waals surface area contributed by atoms with Gasteiger partial charge in [0, 0.05) is 5.69 Å². The zero-order valence-electron chi connectivity index (χ0n) is 20.4. The van der Waals surface area contributed by atoms with E-state index in [2.05, 4.69) is 45.3 Å². The lowest BCUT2D eigenvalue weighted by atomic mass is 9.86. The summed E-state index contributed by atoms with van der Waals surface area (Å²) in [5.74, 6) is -0.640. The summed E-state index contributed by atoms with van der Waals surface area (Å²) in [5.41, 5.74) is 6.00. The second-order valence-electron chi connectivity index (χ2n) is 9.56. The highest BCUT2D eigenvalue weighted by molar-refractivity contribution is 6.24. The van der Waals surface area contributed by atoms with Crippen molar-refractivity contribution >= 4 is 23.2 Å². The Kier molecular flexibility index (Phi) is 7.19. The van der Waals surface area contributed by atoms with Crippen LogP contribution in [0.15, 0.2) is 66.7 Å². The quantitative estimate of drug-likeness (QED) is 0.439. The number of rotatable bonds is 8. The van der Waals surface area contributed by atoms with Gasteiger partial charge in [0.2, 0.25) is 5.91 Å². The molecule has 0 bridgehead atoms. The lowest BCUT2D eigenvalue weighted by molar-refractivity contribution is -0.123. The van der Waals surface area contributed by atoms with Crippen LogP contribution in [-0.2, 0) is 9.59 Å². The number of hydrogen-bond acceptors (Lipinski definition) is 5. The number of aliphatic hydroxyl groups is 1. The minimum Gasteiger partial charge on any atom is -0.391 e. The van der Waals surface area contributed by atoms with Gasteiger partial charge in [-0.25, -0.2) is 9.91 Å². The smallest absolute Gasteiger partial charge is 0.254 e. The predicted molar refractivity (Wildman–Crippen MR) is 135 cm³/mol. The molecule has 1 fully saturated rings. The van der Waals surface area contributed by atoms with Gasteiger partial charge in [0.05, 0.1) is 23.8 Å².